The molecule has 0 atom stereocenters. The quantitative estimate of drug-likeness (QED) is 0.814. The second-order valence-corrected chi connectivity index (χ2v) is 6.52. The van der Waals surface area contributed by atoms with Gasteiger partial charge < -0.3 is 5.32 Å². The van der Waals surface area contributed by atoms with Crippen LogP contribution in [0.4, 0.5) is 5.69 Å². The summed E-state index contributed by atoms with van der Waals surface area (Å²) >= 11 is 7.21. The first-order valence-electron chi connectivity index (χ1n) is 7.28. The summed E-state index contributed by atoms with van der Waals surface area (Å²) in [7, 11) is 0. The second-order valence-electron chi connectivity index (χ2n) is 5.05. The molecule has 3 nitrogen and oxygen atoms in total. The first-order chi connectivity index (χ1) is 11.1. The highest BCUT2D eigenvalue weighted by Gasteiger charge is 2.23. The van der Waals surface area contributed by atoms with E-state index >= 15 is 0 Å². The van der Waals surface area contributed by atoms with Crippen LogP contribution in [0.2, 0.25) is 5.02 Å². The maximum Gasteiger partial charge on any atom is 0.264 e. The van der Waals surface area contributed by atoms with E-state index in [2.05, 4.69) is 17.2 Å². The molecule has 0 aromatic heterocycles. The van der Waals surface area contributed by atoms with Crippen molar-refractivity contribution in [2.24, 2.45) is 4.99 Å². The zero-order valence-electron chi connectivity index (χ0n) is 12.5. The van der Waals surface area contributed by atoms with Crippen LogP contribution in [0, 0.1) is 0 Å². The van der Waals surface area contributed by atoms with Crippen molar-refractivity contribution in [3.63, 3.8) is 0 Å². The maximum atomic E-state index is 12.0. The Bertz CT molecular complexity index is 780. The number of hydrogen-bond donors (Lipinski definition) is 1. The van der Waals surface area contributed by atoms with E-state index < -0.39 is 0 Å². The number of hydrogen-bond acceptors (Lipinski definition) is 3. The molecule has 1 aliphatic heterocycles. The van der Waals surface area contributed by atoms with E-state index in [1.54, 1.807) is 12.1 Å². The summed E-state index contributed by atoms with van der Waals surface area (Å²) in [6, 6.07) is 15.4. The largest absolute Gasteiger partial charge is 0.300 e. The number of rotatable bonds is 3. The van der Waals surface area contributed by atoms with Crippen LogP contribution in [-0.2, 0) is 11.2 Å². The predicted octanol–water partition coefficient (Wildman–Crippen LogP) is 4.79. The Hall–Kier alpha value is -2.04. The normalized spacial score (nSPS) is 17.7. The number of thioether (sulfide) groups is 1. The number of carbonyl (C=O) groups excluding carboxylic acids is 1. The van der Waals surface area contributed by atoms with E-state index in [1.807, 2.05) is 42.5 Å². The van der Waals surface area contributed by atoms with Crippen molar-refractivity contribution in [3.05, 3.63) is 69.6 Å². The summed E-state index contributed by atoms with van der Waals surface area (Å²) in [5.74, 6) is -0.131. The minimum absolute atomic E-state index is 0.131. The van der Waals surface area contributed by atoms with Crippen LogP contribution in [-0.4, -0.2) is 11.1 Å². The molecule has 2 aromatic rings. The van der Waals surface area contributed by atoms with Crippen LogP contribution in [0.15, 0.2) is 58.4 Å². The highest BCUT2D eigenvalue weighted by Crippen LogP contribution is 2.28. The minimum atomic E-state index is -0.131. The molecule has 1 saturated heterocycles. The SMILES string of the molecule is CCc1ccc(N=C2NC(=O)C(=Cc3ccc(Cl)cc3)S2)cc1. The van der Waals surface area contributed by atoms with Gasteiger partial charge in [-0.25, -0.2) is 4.99 Å². The van der Waals surface area contributed by atoms with Gasteiger partial charge in [-0.05, 0) is 59.7 Å². The summed E-state index contributed by atoms with van der Waals surface area (Å²) in [6.07, 6.45) is 2.83. The standard InChI is InChI=1S/C18H15ClN2OS/c1-2-12-5-9-15(10-6-12)20-18-21-17(22)16(23-18)11-13-3-7-14(19)8-4-13/h3-11H,2H2,1H3,(H,20,21,22). The minimum Gasteiger partial charge on any atom is -0.300 e. The number of amidine groups is 1. The number of amides is 1. The summed E-state index contributed by atoms with van der Waals surface area (Å²) in [6.45, 7) is 2.11. The molecule has 1 fully saturated rings. The topological polar surface area (TPSA) is 41.5 Å². The van der Waals surface area contributed by atoms with E-state index in [-0.39, 0.29) is 5.91 Å². The molecule has 1 N–H and O–H groups in total. The smallest absolute Gasteiger partial charge is 0.264 e. The molecule has 23 heavy (non-hydrogen) atoms. The Labute approximate surface area is 144 Å². The van der Waals surface area contributed by atoms with Crippen LogP contribution >= 0.6 is 23.4 Å². The molecular formula is C18H15ClN2OS. The van der Waals surface area contributed by atoms with Gasteiger partial charge in [0.15, 0.2) is 5.17 Å². The molecule has 2 aromatic carbocycles. The molecular weight excluding hydrogens is 328 g/mol. The van der Waals surface area contributed by atoms with Crippen LogP contribution in [0.25, 0.3) is 6.08 Å². The van der Waals surface area contributed by atoms with Crippen molar-refractivity contribution in [3.8, 4) is 0 Å². The van der Waals surface area contributed by atoms with Gasteiger partial charge in [-0.2, -0.15) is 0 Å². The maximum absolute atomic E-state index is 12.0. The van der Waals surface area contributed by atoms with Crippen molar-refractivity contribution in [2.45, 2.75) is 13.3 Å². The molecule has 5 heteroatoms. The highest BCUT2D eigenvalue weighted by molar-refractivity contribution is 8.18. The molecule has 1 amide bonds. The van der Waals surface area contributed by atoms with Gasteiger partial charge in [0.05, 0.1) is 10.6 Å². The lowest BCUT2D eigenvalue weighted by molar-refractivity contribution is -0.115. The summed E-state index contributed by atoms with van der Waals surface area (Å²) in [5, 5.41) is 4.06. The lowest BCUT2D eigenvalue weighted by Gasteiger charge is -1.98. The van der Waals surface area contributed by atoms with Gasteiger partial charge in [0.2, 0.25) is 0 Å². The van der Waals surface area contributed by atoms with Crippen molar-refractivity contribution >= 4 is 46.2 Å². The van der Waals surface area contributed by atoms with Gasteiger partial charge in [0, 0.05) is 5.02 Å². The molecule has 0 aliphatic carbocycles. The fourth-order valence-electron chi connectivity index (χ4n) is 2.11. The number of aliphatic imine (C=N–C) groups is 1. The zero-order chi connectivity index (χ0) is 16.2. The molecule has 0 bridgehead atoms. The van der Waals surface area contributed by atoms with Gasteiger partial charge in [-0.3, -0.25) is 4.79 Å². The van der Waals surface area contributed by atoms with Crippen molar-refractivity contribution in [1.82, 2.24) is 5.32 Å². The van der Waals surface area contributed by atoms with Gasteiger partial charge in [0.25, 0.3) is 5.91 Å². The van der Waals surface area contributed by atoms with Crippen molar-refractivity contribution in [2.75, 3.05) is 0 Å². The zero-order valence-corrected chi connectivity index (χ0v) is 14.1. The third kappa shape index (κ3) is 4.03. The number of aryl methyl sites for hydroxylation is 1. The number of nitrogens with zero attached hydrogens (tertiary/aromatic N) is 1. The van der Waals surface area contributed by atoms with Gasteiger partial charge >= 0.3 is 0 Å². The molecule has 0 spiro atoms. The van der Waals surface area contributed by atoms with E-state index in [0.717, 1.165) is 17.7 Å². The van der Waals surface area contributed by atoms with E-state index in [4.69, 9.17) is 11.6 Å². The first kappa shape index (κ1) is 15.8. The third-order valence-corrected chi connectivity index (χ3v) is 4.56. The summed E-state index contributed by atoms with van der Waals surface area (Å²) in [4.78, 5) is 17.1. The van der Waals surface area contributed by atoms with Gasteiger partial charge in [-0.1, -0.05) is 42.8 Å². The fourth-order valence-corrected chi connectivity index (χ4v) is 3.08. The van der Waals surface area contributed by atoms with E-state index in [1.165, 1.54) is 17.3 Å². The Morgan fingerprint density at radius 1 is 1.13 bits per heavy atom. The highest BCUT2D eigenvalue weighted by atomic mass is 35.5. The number of nitrogens with one attached hydrogen (secondary N) is 1. The van der Waals surface area contributed by atoms with E-state index in [0.29, 0.717) is 15.1 Å². The second kappa shape index (κ2) is 7.02. The van der Waals surface area contributed by atoms with Gasteiger partial charge in [0.1, 0.15) is 0 Å². The molecule has 0 radical (unpaired) electrons. The van der Waals surface area contributed by atoms with Crippen LogP contribution in [0.5, 0.6) is 0 Å². The molecule has 1 heterocycles. The van der Waals surface area contributed by atoms with Crippen LogP contribution < -0.4 is 5.32 Å². The van der Waals surface area contributed by atoms with Crippen molar-refractivity contribution < 1.29 is 4.79 Å². The predicted molar refractivity (Wildman–Crippen MR) is 98.1 cm³/mol. The molecule has 0 saturated carbocycles. The number of carbonyl (C=O) groups is 1. The summed E-state index contributed by atoms with van der Waals surface area (Å²) in [5.41, 5.74) is 3.03. The van der Waals surface area contributed by atoms with Gasteiger partial charge in [-0.15, -0.1) is 0 Å². The molecule has 3 rings (SSSR count). The van der Waals surface area contributed by atoms with Crippen molar-refractivity contribution in [1.29, 1.82) is 0 Å². The fraction of sp³-hybridized carbons (Fsp3) is 0.111. The Balaban J connectivity index is 1.78. The van der Waals surface area contributed by atoms with E-state index in [9.17, 15) is 4.79 Å². The Kier molecular flexibility index (Phi) is 4.84. The average Bonchev–Trinajstić information content (AvgIpc) is 2.90. The lowest BCUT2D eigenvalue weighted by Crippen LogP contribution is -2.19. The first-order valence-corrected chi connectivity index (χ1v) is 8.47. The summed E-state index contributed by atoms with van der Waals surface area (Å²) < 4.78 is 0. The van der Waals surface area contributed by atoms with Crippen LogP contribution in [0.3, 0.4) is 0 Å². The third-order valence-electron chi connectivity index (χ3n) is 3.39. The lowest BCUT2D eigenvalue weighted by atomic mass is 10.2. The Morgan fingerprint density at radius 3 is 2.48 bits per heavy atom. The monoisotopic (exact) mass is 342 g/mol. The number of benzene rings is 2. The number of halogens is 1. The molecule has 0 unspecified atom stereocenters. The van der Waals surface area contributed by atoms with Crippen LogP contribution in [0.1, 0.15) is 18.1 Å². The molecule has 116 valence electrons. The average molecular weight is 343 g/mol. The Morgan fingerprint density at radius 2 is 1.83 bits per heavy atom. The molecule has 1 aliphatic rings.